The quantitative estimate of drug-likeness (QED) is 0.108. The Bertz CT molecular complexity index is 686. The molecule has 13 nitrogen and oxygen atoms in total. The minimum Gasteiger partial charge on any atom is -0.480 e. The van der Waals surface area contributed by atoms with Crippen molar-refractivity contribution in [3.63, 3.8) is 0 Å². The molecule has 0 fully saturated rings. The van der Waals surface area contributed by atoms with Crippen LogP contribution < -0.4 is 33.2 Å². The molecule has 33 heavy (non-hydrogen) atoms. The lowest BCUT2D eigenvalue weighted by atomic mass is 10.0. The third-order valence-corrected chi connectivity index (χ3v) is 4.95. The summed E-state index contributed by atoms with van der Waals surface area (Å²) in [5.74, 6) is -4.71. The molecule has 0 spiro atoms. The average molecular weight is 475 g/mol. The van der Waals surface area contributed by atoms with Gasteiger partial charge in [-0.25, -0.2) is 4.79 Å². The minimum absolute atomic E-state index is 0.173. The Morgan fingerprint density at radius 1 is 0.848 bits per heavy atom. The second kappa shape index (κ2) is 15.1. The number of carboxylic acid groups (broad SMARTS) is 1. The van der Waals surface area contributed by atoms with Gasteiger partial charge < -0.3 is 43.4 Å². The molecule has 5 atom stereocenters. The van der Waals surface area contributed by atoms with Gasteiger partial charge >= 0.3 is 5.97 Å². The van der Waals surface area contributed by atoms with E-state index < -0.39 is 65.8 Å². The van der Waals surface area contributed by atoms with Crippen LogP contribution >= 0.6 is 0 Å². The van der Waals surface area contributed by atoms with E-state index in [0.29, 0.717) is 19.4 Å². The van der Waals surface area contributed by atoms with E-state index in [9.17, 15) is 34.2 Å². The highest BCUT2D eigenvalue weighted by Crippen LogP contribution is 2.07. The maximum absolute atomic E-state index is 12.9. The van der Waals surface area contributed by atoms with Crippen molar-refractivity contribution >= 4 is 29.6 Å². The van der Waals surface area contributed by atoms with Gasteiger partial charge in [0, 0.05) is 6.42 Å². The summed E-state index contributed by atoms with van der Waals surface area (Å²) in [6.45, 7) is 4.89. The van der Waals surface area contributed by atoms with Gasteiger partial charge in [-0.3, -0.25) is 19.2 Å². The van der Waals surface area contributed by atoms with Crippen LogP contribution in [0.5, 0.6) is 0 Å². The number of primary amides is 1. The number of carboxylic acids is 1. The van der Waals surface area contributed by atoms with E-state index in [1.165, 1.54) is 6.92 Å². The zero-order valence-corrected chi connectivity index (χ0v) is 19.4. The average Bonchev–Trinajstić information content (AvgIpc) is 2.72. The second-order valence-electron chi connectivity index (χ2n) is 8.25. The summed E-state index contributed by atoms with van der Waals surface area (Å²) in [5, 5.41) is 26.1. The van der Waals surface area contributed by atoms with E-state index in [-0.39, 0.29) is 19.3 Å². The predicted molar refractivity (Wildman–Crippen MR) is 119 cm³/mol. The number of carbonyl (C=O) groups is 5. The Hall–Kier alpha value is -2.77. The summed E-state index contributed by atoms with van der Waals surface area (Å²) in [5.41, 5.74) is 16.3. The van der Waals surface area contributed by atoms with Crippen molar-refractivity contribution in [2.45, 2.75) is 83.1 Å². The molecule has 0 heterocycles. The number of hydrogen-bond donors (Lipinski definition) is 8. The molecule has 0 aliphatic heterocycles. The van der Waals surface area contributed by atoms with Gasteiger partial charge in [0.05, 0.1) is 6.10 Å². The van der Waals surface area contributed by atoms with Gasteiger partial charge in [-0.15, -0.1) is 0 Å². The number of hydrogen-bond acceptors (Lipinski definition) is 8. The van der Waals surface area contributed by atoms with Crippen molar-refractivity contribution in [2.75, 3.05) is 6.54 Å². The lowest BCUT2D eigenvalue weighted by Gasteiger charge is -2.26. The van der Waals surface area contributed by atoms with Gasteiger partial charge in [0.25, 0.3) is 0 Å². The first-order chi connectivity index (χ1) is 15.3. The Morgan fingerprint density at radius 3 is 1.82 bits per heavy atom. The van der Waals surface area contributed by atoms with E-state index >= 15 is 0 Å². The fraction of sp³-hybridized carbons (Fsp3) is 0.750. The number of carbonyl (C=O) groups excluding carboxylic acids is 4. The van der Waals surface area contributed by atoms with Crippen LogP contribution in [0.2, 0.25) is 0 Å². The van der Waals surface area contributed by atoms with Crippen LogP contribution in [0.3, 0.4) is 0 Å². The predicted octanol–water partition coefficient (Wildman–Crippen LogP) is -2.72. The van der Waals surface area contributed by atoms with Gasteiger partial charge in [-0.05, 0) is 45.1 Å². The highest BCUT2D eigenvalue weighted by Gasteiger charge is 2.31. The van der Waals surface area contributed by atoms with Gasteiger partial charge in [0.15, 0.2) is 0 Å². The maximum Gasteiger partial charge on any atom is 0.326 e. The zero-order valence-electron chi connectivity index (χ0n) is 19.4. The van der Waals surface area contributed by atoms with E-state index in [1.54, 1.807) is 13.8 Å². The highest BCUT2D eigenvalue weighted by molar-refractivity contribution is 5.94. The molecule has 0 saturated carbocycles. The van der Waals surface area contributed by atoms with Gasteiger partial charge in [-0.1, -0.05) is 13.8 Å². The van der Waals surface area contributed by atoms with Crippen LogP contribution in [0.4, 0.5) is 0 Å². The lowest BCUT2D eigenvalue weighted by Crippen LogP contribution is -2.58. The molecular weight excluding hydrogens is 436 g/mol. The first kappa shape index (κ1) is 30.2. The van der Waals surface area contributed by atoms with Crippen molar-refractivity contribution in [1.82, 2.24) is 16.0 Å². The monoisotopic (exact) mass is 474 g/mol. The number of amides is 4. The molecule has 0 aliphatic rings. The molecule has 0 rings (SSSR count). The zero-order chi connectivity index (χ0) is 25.7. The molecule has 0 saturated heterocycles. The molecule has 11 N–H and O–H groups in total. The third-order valence-electron chi connectivity index (χ3n) is 4.95. The molecule has 190 valence electrons. The topological polar surface area (TPSA) is 240 Å². The Labute approximate surface area is 193 Å². The maximum atomic E-state index is 12.9. The molecule has 0 bridgehead atoms. The fourth-order valence-electron chi connectivity index (χ4n) is 2.84. The third kappa shape index (κ3) is 11.6. The minimum atomic E-state index is -1.27. The number of aliphatic carboxylic acids is 1. The molecule has 0 aromatic rings. The number of aliphatic hydroxyl groups excluding tert-OH is 1. The van der Waals surface area contributed by atoms with Crippen LogP contribution in [-0.2, 0) is 24.0 Å². The van der Waals surface area contributed by atoms with E-state index in [4.69, 9.17) is 17.2 Å². The standard InChI is InChI=1S/C20H38N6O7/c1-10(2)16(20(32)33)26-18(30)13(7-8-14(22)28)24-17(29)12(6-4-5-9-21)25-19(31)15(23)11(3)27/h10-13,15-16,27H,4-9,21,23H2,1-3H3,(H2,22,28)(H,24,29)(H,25,31)(H,26,30)(H,32,33). The summed E-state index contributed by atoms with van der Waals surface area (Å²) >= 11 is 0. The lowest BCUT2D eigenvalue weighted by molar-refractivity contribution is -0.143. The van der Waals surface area contributed by atoms with Crippen molar-refractivity contribution < 1.29 is 34.2 Å². The summed E-state index contributed by atoms with van der Waals surface area (Å²) in [4.78, 5) is 60.5. The second-order valence-corrected chi connectivity index (χ2v) is 8.25. The number of rotatable bonds is 16. The van der Waals surface area contributed by atoms with E-state index in [1.807, 2.05) is 0 Å². The largest absolute Gasteiger partial charge is 0.480 e. The molecule has 0 aliphatic carbocycles. The SMILES string of the molecule is CC(C)C(NC(=O)C(CCC(N)=O)NC(=O)C(CCCCN)NC(=O)C(N)C(C)O)C(=O)O. The Morgan fingerprint density at radius 2 is 1.36 bits per heavy atom. The van der Waals surface area contributed by atoms with Crippen molar-refractivity contribution in [3.8, 4) is 0 Å². The smallest absolute Gasteiger partial charge is 0.326 e. The van der Waals surface area contributed by atoms with Crippen molar-refractivity contribution in [3.05, 3.63) is 0 Å². The van der Waals surface area contributed by atoms with Crippen molar-refractivity contribution in [1.29, 1.82) is 0 Å². The van der Waals surface area contributed by atoms with E-state index in [2.05, 4.69) is 16.0 Å². The molecular formula is C20H38N6O7. The van der Waals surface area contributed by atoms with E-state index in [0.717, 1.165) is 0 Å². The Kier molecular flexibility index (Phi) is 13.9. The van der Waals surface area contributed by atoms with Gasteiger partial charge in [0.2, 0.25) is 23.6 Å². The molecule has 5 unspecified atom stereocenters. The first-order valence-electron chi connectivity index (χ1n) is 10.9. The highest BCUT2D eigenvalue weighted by atomic mass is 16.4. The number of nitrogens with one attached hydrogen (secondary N) is 3. The Balaban J connectivity index is 5.57. The van der Waals surface area contributed by atoms with Gasteiger partial charge in [-0.2, -0.15) is 0 Å². The summed E-state index contributed by atoms with van der Waals surface area (Å²) < 4.78 is 0. The molecule has 0 aromatic carbocycles. The molecule has 0 radical (unpaired) electrons. The van der Waals surface area contributed by atoms with Crippen LogP contribution in [0, 0.1) is 5.92 Å². The van der Waals surface area contributed by atoms with Gasteiger partial charge in [0.1, 0.15) is 24.2 Å². The fourth-order valence-corrected chi connectivity index (χ4v) is 2.84. The van der Waals surface area contributed by atoms with Crippen molar-refractivity contribution in [2.24, 2.45) is 23.1 Å². The summed E-state index contributed by atoms with van der Waals surface area (Å²) in [7, 11) is 0. The normalized spacial score (nSPS) is 15.6. The summed E-state index contributed by atoms with van der Waals surface area (Å²) in [6, 6.07) is -4.86. The molecule has 4 amide bonds. The summed E-state index contributed by atoms with van der Waals surface area (Å²) in [6.07, 6.45) is -0.345. The number of aliphatic hydroxyl groups is 1. The first-order valence-corrected chi connectivity index (χ1v) is 10.9. The molecule has 13 heteroatoms. The van der Waals surface area contributed by atoms with Crippen LogP contribution in [0.25, 0.3) is 0 Å². The van der Waals surface area contributed by atoms with Crippen LogP contribution in [-0.4, -0.2) is 76.6 Å². The molecule has 0 aromatic heterocycles. The van der Waals surface area contributed by atoms with Crippen LogP contribution in [0.1, 0.15) is 52.9 Å². The number of unbranched alkanes of at least 4 members (excludes halogenated alkanes) is 1. The van der Waals surface area contributed by atoms with Crippen LogP contribution in [0.15, 0.2) is 0 Å². The number of nitrogens with two attached hydrogens (primary N) is 3.